The molecule has 5 heteroatoms. The van der Waals surface area contributed by atoms with Gasteiger partial charge in [-0.05, 0) is 26.0 Å². The SMILES string of the molecule is CC1(C)COCCN1CCOc1cccc(C(N)=S)c1. The van der Waals surface area contributed by atoms with Crippen LogP contribution in [0.5, 0.6) is 5.75 Å². The molecule has 0 aliphatic carbocycles. The fourth-order valence-corrected chi connectivity index (χ4v) is 2.44. The number of ether oxygens (including phenoxy) is 2. The minimum Gasteiger partial charge on any atom is -0.492 e. The second-order valence-electron chi connectivity index (χ2n) is 5.59. The summed E-state index contributed by atoms with van der Waals surface area (Å²) >= 11 is 4.97. The molecule has 0 aromatic heterocycles. The Kier molecular flexibility index (Phi) is 4.96. The fourth-order valence-electron chi connectivity index (χ4n) is 2.32. The largest absolute Gasteiger partial charge is 0.492 e. The highest BCUT2D eigenvalue weighted by Gasteiger charge is 2.29. The minimum absolute atomic E-state index is 0.0717. The minimum atomic E-state index is 0.0717. The standard InChI is InChI=1S/C15H22N2O2S/c1-15(2)11-18-8-6-17(15)7-9-19-13-5-3-4-12(10-13)14(16)20/h3-5,10H,6-9,11H2,1-2H3,(H2,16,20). The summed E-state index contributed by atoms with van der Waals surface area (Å²) < 4.78 is 11.3. The van der Waals surface area contributed by atoms with Gasteiger partial charge in [0.15, 0.2) is 0 Å². The molecule has 0 atom stereocenters. The van der Waals surface area contributed by atoms with Crippen LogP contribution in [0.1, 0.15) is 19.4 Å². The lowest BCUT2D eigenvalue weighted by Crippen LogP contribution is -2.54. The van der Waals surface area contributed by atoms with E-state index < -0.39 is 0 Å². The van der Waals surface area contributed by atoms with E-state index in [1.165, 1.54) is 0 Å². The van der Waals surface area contributed by atoms with Crippen LogP contribution in [0.15, 0.2) is 24.3 Å². The number of thiocarbonyl (C=S) groups is 1. The third-order valence-corrected chi connectivity index (χ3v) is 3.80. The van der Waals surface area contributed by atoms with Gasteiger partial charge in [0, 0.05) is 24.2 Å². The van der Waals surface area contributed by atoms with E-state index in [1.54, 1.807) is 0 Å². The van der Waals surface area contributed by atoms with E-state index in [4.69, 9.17) is 27.4 Å². The van der Waals surface area contributed by atoms with Crippen molar-refractivity contribution in [1.82, 2.24) is 4.90 Å². The van der Waals surface area contributed by atoms with Gasteiger partial charge < -0.3 is 15.2 Å². The summed E-state index contributed by atoms with van der Waals surface area (Å²) in [6.07, 6.45) is 0. The zero-order valence-electron chi connectivity index (χ0n) is 12.1. The lowest BCUT2D eigenvalue weighted by molar-refractivity contribution is -0.0547. The van der Waals surface area contributed by atoms with Gasteiger partial charge >= 0.3 is 0 Å². The van der Waals surface area contributed by atoms with Crippen molar-refractivity contribution in [2.45, 2.75) is 19.4 Å². The summed E-state index contributed by atoms with van der Waals surface area (Å²) in [5.74, 6) is 0.807. The van der Waals surface area contributed by atoms with Crippen LogP contribution in [0.25, 0.3) is 0 Å². The third-order valence-electron chi connectivity index (χ3n) is 3.57. The van der Waals surface area contributed by atoms with Crippen LogP contribution in [0.3, 0.4) is 0 Å². The van der Waals surface area contributed by atoms with Crippen molar-refractivity contribution in [3.05, 3.63) is 29.8 Å². The summed E-state index contributed by atoms with van der Waals surface area (Å²) in [6, 6.07) is 7.60. The van der Waals surface area contributed by atoms with Gasteiger partial charge in [-0.2, -0.15) is 0 Å². The Morgan fingerprint density at radius 3 is 3.00 bits per heavy atom. The summed E-state index contributed by atoms with van der Waals surface area (Å²) in [5.41, 5.74) is 6.53. The van der Waals surface area contributed by atoms with Crippen LogP contribution in [0, 0.1) is 0 Å². The average molecular weight is 294 g/mol. The van der Waals surface area contributed by atoms with E-state index in [1.807, 2.05) is 24.3 Å². The van der Waals surface area contributed by atoms with E-state index in [-0.39, 0.29) is 5.54 Å². The second-order valence-corrected chi connectivity index (χ2v) is 6.03. The first-order valence-corrected chi connectivity index (χ1v) is 7.25. The molecule has 1 aromatic rings. The fraction of sp³-hybridized carbons (Fsp3) is 0.533. The normalized spacial score (nSPS) is 18.7. The van der Waals surface area contributed by atoms with Gasteiger partial charge in [-0.3, -0.25) is 4.90 Å². The van der Waals surface area contributed by atoms with Crippen LogP contribution in [0.2, 0.25) is 0 Å². The summed E-state index contributed by atoms with van der Waals surface area (Å²) in [7, 11) is 0. The molecule has 1 aliphatic heterocycles. The van der Waals surface area contributed by atoms with Gasteiger partial charge in [-0.15, -0.1) is 0 Å². The average Bonchev–Trinajstić information content (AvgIpc) is 2.41. The topological polar surface area (TPSA) is 47.7 Å². The van der Waals surface area contributed by atoms with Gasteiger partial charge in [-0.1, -0.05) is 24.4 Å². The molecule has 110 valence electrons. The molecule has 2 rings (SSSR count). The quantitative estimate of drug-likeness (QED) is 0.839. The van der Waals surface area contributed by atoms with Crippen molar-refractivity contribution in [2.75, 3.05) is 32.9 Å². The Morgan fingerprint density at radius 1 is 1.50 bits per heavy atom. The summed E-state index contributed by atoms with van der Waals surface area (Å²) in [5, 5.41) is 0. The monoisotopic (exact) mass is 294 g/mol. The Balaban J connectivity index is 1.86. The van der Waals surface area contributed by atoms with E-state index >= 15 is 0 Å². The predicted octanol–water partition coefficient (Wildman–Crippen LogP) is 1.81. The molecule has 0 radical (unpaired) electrons. The molecule has 20 heavy (non-hydrogen) atoms. The third kappa shape index (κ3) is 3.91. The molecule has 4 nitrogen and oxygen atoms in total. The molecule has 1 aromatic carbocycles. The van der Waals surface area contributed by atoms with Crippen molar-refractivity contribution in [3.8, 4) is 5.75 Å². The highest BCUT2D eigenvalue weighted by atomic mass is 32.1. The lowest BCUT2D eigenvalue weighted by atomic mass is 10.0. The van der Waals surface area contributed by atoms with E-state index in [0.717, 1.165) is 37.6 Å². The molecule has 0 spiro atoms. The molecule has 2 N–H and O–H groups in total. The number of benzene rings is 1. The molecule has 1 fully saturated rings. The van der Waals surface area contributed by atoms with Crippen LogP contribution in [-0.4, -0.2) is 48.3 Å². The maximum absolute atomic E-state index is 5.80. The first kappa shape index (κ1) is 15.2. The molecule has 0 amide bonds. The van der Waals surface area contributed by atoms with Crippen molar-refractivity contribution in [3.63, 3.8) is 0 Å². The molecule has 1 heterocycles. The molecule has 0 unspecified atom stereocenters. The highest BCUT2D eigenvalue weighted by Crippen LogP contribution is 2.19. The van der Waals surface area contributed by atoms with Gasteiger partial charge in [0.1, 0.15) is 17.3 Å². The molecule has 1 saturated heterocycles. The first-order chi connectivity index (χ1) is 9.49. The maximum atomic E-state index is 5.80. The number of morpholine rings is 1. The van der Waals surface area contributed by atoms with E-state index in [2.05, 4.69) is 18.7 Å². The predicted molar refractivity (Wildman–Crippen MR) is 84.3 cm³/mol. The van der Waals surface area contributed by atoms with Crippen molar-refractivity contribution >= 4 is 17.2 Å². The van der Waals surface area contributed by atoms with Crippen LogP contribution in [-0.2, 0) is 4.74 Å². The van der Waals surface area contributed by atoms with Crippen LogP contribution in [0.4, 0.5) is 0 Å². The number of hydrogen-bond donors (Lipinski definition) is 1. The van der Waals surface area contributed by atoms with Crippen molar-refractivity contribution in [1.29, 1.82) is 0 Å². The van der Waals surface area contributed by atoms with Gasteiger partial charge in [0.25, 0.3) is 0 Å². The highest BCUT2D eigenvalue weighted by molar-refractivity contribution is 7.80. The second kappa shape index (κ2) is 6.52. The Morgan fingerprint density at radius 2 is 2.30 bits per heavy atom. The molecular weight excluding hydrogens is 272 g/mol. The first-order valence-electron chi connectivity index (χ1n) is 6.84. The zero-order valence-corrected chi connectivity index (χ0v) is 12.9. The van der Waals surface area contributed by atoms with Gasteiger partial charge in [0.2, 0.25) is 0 Å². The van der Waals surface area contributed by atoms with Gasteiger partial charge in [-0.25, -0.2) is 0 Å². The smallest absolute Gasteiger partial charge is 0.120 e. The Hall–Kier alpha value is -1.17. The van der Waals surface area contributed by atoms with Crippen molar-refractivity contribution < 1.29 is 9.47 Å². The molecular formula is C15H22N2O2S. The Labute approximate surface area is 125 Å². The van der Waals surface area contributed by atoms with E-state index in [0.29, 0.717) is 11.6 Å². The number of rotatable bonds is 5. The van der Waals surface area contributed by atoms with Crippen LogP contribution < -0.4 is 10.5 Å². The lowest BCUT2D eigenvalue weighted by Gasteiger charge is -2.41. The molecule has 0 saturated carbocycles. The molecule has 0 bridgehead atoms. The zero-order chi connectivity index (χ0) is 14.6. The summed E-state index contributed by atoms with van der Waals surface area (Å²) in [4.78, 5) is 2.79. The van der Waals surface area contributed by atoms with Gasteiger partial charge in [0.05, 0.1) is 13.2 Å². The van der Waals surface area contributed by atoms with E-state index in [9.17, 15) is 0 Å². The number of hydrogen-bond acceptors (Lipinski definition) is 4. The maximum Gasteiger partial charge on any atom is 0.120 e. The summed E-state index contributed by atoms with van der Waals surface area (Å²) in [6.45, 7) is 8.42. The van der Waals surface area contributed by atoms with Crippen LogP contribution >= 0.6 is 12.2 Å². The number of nitrogens with zero attached hydrogens (tertiary/aromatic N) is 1. The molecule has 1 aliphatic rings. The number of nitrogens with two attached hydrogens (primary N) is 1. The van der Waals surface area contributed by atoms with Crippen molar-refractivity contribution in [2.24, 2.45) is 5.73 Å². The Bertz CT molecular complexity index is 477.